The fourth-order valence-corrected chi connectivity index (χ4v) is 2.55. The maximum atomic E-state index is 13.7. The van der Waals surface area contributed by atoms with Gasteiger partial charge in [-0.2, -0.15) is 10.4 Å². The number of halogens is 1. The highest BCUT2D eigenvalue weighted by atomic mass is 19.1. The highest BCUT2D eigenvalue weighted by Crippen LogP contribution is 2.23. The molecule has 0 saturated carbocycles. The van der Waals surface area contributed by atoms with Gasteiger partial charge in [-0.3, -0.25) is 10.00 Å². The number of H-pyrrole nitrogens is 1. The number of nitrogens with one attached hydrogen (secondary N) is 1. The molecule has 3 rings (SSSR count). The van der Waals surface area contributed by atoms with Crippen LogP contribution in [0.3, 0.4) is 0 Å². The third-order valence-electron chi connectivity index (χ3n) is 3.65. The Balaban J connectivity index is 1.66. The maximum absolute atomic E-state index is 13.7. The average molecular weight is 286 g/mol. The van der Waals surface area contributed by atoms with Crippen molar-refractivity contribution in [2.24, 2.45) is 0 Å². The zero-order valence-corrected chi connectivity index (χ0v) is 11.5. The van der Waals surface area contributed by atoms with Crippen LogP contribution in [0.1, 0.15) is 11.4 Å². The van der Waals surface area contributed by atoms with Gasteiger partial charge in [0, 0.05) is 26.2 Å². The van der Waals surface area contributed by atoms with E-state index in [9.17, 15) is 4.39 Å². The monoisotopic (exact) mass is 286 g/mol. The predicted molar refractivity (Wildman–Crippen MR) is 75.0 cm³/mol. The van der Waals surface area contributed by atoms with Crippen LogP contribution in [0.25, 0.3) is 0 Å². The van der Waals surface area contributed by atoms with Gasteiger partial charge in [0.05, 0.1) is 12.2 Å². The van der Waals surface area contributed by atoms with Crippen LogP contribution in [0, 0.1) is 17.1 Å². The Morgan fingerprint density at radius 1 is 1.29 bits per heavy atom. The molecule has 0 spiro atoms. The number of anilines is 1. The SMILES string of the molecule is N#Cc1c(F)cccc1N1CCN(Cc2ncn[nH]2)CC1. The van der Waals surface area contributed by atoms with Crippen LogP contribution in [0.5, 0.6) is 0 Å². The van der Waals surface area contributed by atoms with Gasteiger partial charge in [0.25, 0.3) is 0 Å². The van der Waals surface area contributed by atoms with Crippen molar-refractivity contribution in [1.29, 1.82) is 5.26 Å². The first-order valence-corrected chi connectivity index (χ1v) is 6.78. The van der Waals surface area contributed by atoms with Crippen LogP contribution in [0.4, 0.5) is 10.1 Å². The molecule has 0 bridgehead atoms. The molecule has 1 aromatic carbocycles. The third-order valence-corrected chi connectivity index (χ3v) is 3.65. The van der Waals surface area contributed by atoms with Crippen molar-refractivity contribution in [2.45, 2.75) is 6.54 Å². The molecule has 21 heavy (non-hydrogen) atoms. The van der Waals surface area contributed by atoms with E-state index in [0.717, 1.165) is 38.5 Å². The topological polar surface area (TPSA) is 71.8 Å². The first-order valence-electron chi connectivity index (χ1n) is 6.78. The smallest absolute Gasteiger partial charge is 0.143 e. The molecule has 0 unspecified atom stereocenters. The van der Waals surface area contributed by atoms with Crippen molar-refractivity contribution in [3.05, 3.63) is 41.7 Å². The molecule has 108 valence electrons. The van der Waals surface area contributed by atoms with Gasteiger partial charge in [-0.1, -0.05) is 6.07 Å². The first kappa shape index (κ1) is 13.5. The molecular formula is C14H15FN6. The summed E-state index contributed by atoms with van der Waals surface area (Å²) < 4.78 is 13.7. The lowest BCUT2D eigenvalue weighted by molar-refractivity contribution is 0.244. The molecule has 0 amide bonds. The minimum Gasteiger partial charge on any atom is -0.368 e. The largest absolute Gasteiger partial charge is 0.368 e. The van der Waals surface area contributed by atoms with Crippen LogP contribution >= 0.6 is 0 Å². The van der Waals surface area contributed by atoms with Crippen molar-refractivity contribution < 1.29 is 4.39 Å². The number of nitrogens with zero attached hydrogens (tertiary/aromatic N) is 5. The second-order valence-electron chi connectivity index (χ2n) is 4.94. The third kappa shape index (κ3) is 2.85. The Labute approximate surface area is 121 Å². The first-order chi connectivity index (χ1) is 10.3. The van der Waals surface area contributed by atoms with Crippen molar-refractivity contribution >= 4 is 5.69 Å². The zero-order chi connectivity index (χ0) is 14.7. The molecule has 1 aliphatic heterocycles. The Morgan fingerprint density at radius 2 is 2.10 bits per heavy atom. The molecule has 1 aromatic heterocycles. The van der Waals surface area contributed by atoms with Crippen LogP contribution in [-0.4, -0.2) is 46.3 Å². The molecule has 0 aliphatic carbocycles. The molecule has 2 heterocycles. The zero-order valence-electron chi connectivity index (χ0n) is 11.5. The molecule has 1 fully saturated rings. The number of aromatic amines is 1. The van der Waals surface area contributed by atoms with E-state index in [4.69, 9.17) is 5.26 Å². The van der Waals surface area contributed by atoms with Crippen molar-refractivity contribution in [1.82, 2.24) is 20.1 Å². The van der Waals surface area contributed by atoms with Gasteiger partial charge in [-0.05, 0) is 12.1 Å². The normalized spacial score (nSPS) is 15.9. The molecule has 2 aromatic rings. The summed E-state index contributed by atoms with van der Waals surface area (Å²) in [5, 5.41) is 15.8. The summed E-state index contributed by atoms with van der Waals surface area (Å²) in [6, 6.07) is 6.72. The second kappa shape index (κ2) is 5.89. The van der Waals surface area contributed by atoms with Gasteiger partial charge < -0.3 is 4.90 Å². The number of piperazine rings is 1. The Kier molecular flexibility index (Phi) is 3.79. The van der Waals surface area contributed by atoms with Gasteiger partial charge in [0.2, 0.25) is 0 Å². The van der Waals surface area contributed by atoms with Crippen LogP contribution in [0.2, 0.25) is 0 Å². The molecule has 6 nitrogen and oxygen atoms in total. The number of nitriles is 1. The van der Waals surface area contributed by atoms with E-state index in [2.05, 4.69) is 25.0 Å². The van der Waals surface area contributed by atoms with Crippen LogP contribution in [0.15, 0.2) is 24.5 Å². The Bertz CT molecular complexity index is 640. The minimum atomic E-state index is -0.459. The minimum absolute atomic E-state index is 0.126. The lowest BCUT2D eigenvalue weighted by Crippen LogP contribution is -2.46. The van der Waals surface area contributed by atoms with E-state index in [0.29, 0.717) is 5.69 Å². The fraction of sp³-hybridized carbons (Fsp3) is 0.357. The summed E-state index contributed by atoms with van der Waals surface area (Å²) in [7, 11) is 0. The quantitative estimate of drug-likeness (QED) is 0.916. The summed E-state index contributed by atoms with van der Waals surface area (Å²) >= 11 is 0. The van der Waals surface area contributed by atoms with Crippen molar-refractivity contribution in [2.75, 3.05) is 31.1 Å². The molecule has 0 atom stereocenters. The number of aromatic nitrogens is 3. The lowest BCUT2D eigenvalue weighted by Gasteiger charge is -2.36. The fourth-order valence-electron chi connectivity index (χ4n) is 2.55. The summed E-state index contributed by atoms with van der Waals surface area (Å²) in [6.07, 6.45) is 1.50. The molecule has 0 radical (unpaired) electrons. The van der Waals surface area contributed by atoms with E-state index < -0.39 is 5.82 Å². The van der Waals surface area contributed by atoms with E-state index in [1.54, 1.807) is 12.1 Å². The summed E-state index contributed by atoms with van der Waals surface area (Å²) in [5.74, 6) is 0.381. The highest BCUT2D eigenvalue weighted by Gasteiger charge is 2.21. The Hall–Kier alpha value is -2.46. The summed E-state index contributed by atoms with van der Waals surface area (Å²) in [5.41, 5.74) is 0.804. The molecule has 1 saturated heterocycles. The summed E-state index contributed by atoms with van der Waals surface area (Å²) in [6.45, 7) is 3.91. The van der Waals surface area contributed by atoms with Gasteiger partial charge >= 0.3 is 0 Å². The Morgan fingerprint density at radius 3 is 2.76 bits per heavy atom. The highest BCUT2D eigenvalue weighted by molar-refractivity contribution is 5.60. The molecular weight excluding hydrogens is 271 g/mol. The van der Waals surface area contributed by atoms with E-state index in [-0.39, 0.29) is 5.56 Å². The average Bonchev–Trinajstić information content (AvgIpc) is 3.01. The number of hydrogen-bond donors (Lipinski definition) is 1. The summed E-state index contributed by atoms with van der Waals surface area (Å²) in [4.78, 5) is 8.42. The number of rotatable bonds is 3. The van der Waals surface area contributed by atoms with Gasteiger partial charge in [0.15, 0.2) is 0 Å². The molecule has 7 heteroatoms. The lowest BCUT2D eigenvalue weighted by atomic mass is 10.1. The predicted octanol–water partition coefficient (Wildman–Crippen LogP) is 1.14. The maximum Gasteiger partial charge on any atom is 0.143 e. The van der Waals surface area contributed by atoms with Gasteiger partial charge in [-0.15, -0.1) is 0 Å². The van der Waals surface area contributed by atoms with Crippen molar-refractivity contribution in [3.8, 4) is 6.07 Å². The van der Waals surface area contributed by atoms with Crippen LogP contribution in [-0.2, 0) is 6.54 Å². The molecule has 1 aliphatic rings. The second-order valence-corrected chi connectivity index (χ2v) is 4.94. The molecule has 1 N–H and O–H groups in total. The number of benzene rings is 1. The standard InChI is InChI=1S/C14H15FN6/c15-12-2-1-3-13(11(12)8-16)21-6-4-20(5-7-21)9-14-17-10-18-19-14/h1-3,10H,4-7,9H2,(H,17,18,19). The van der Waals surface area contributed by atoms with E-state index >= 15 is 0 Å². The van der Waals surface area contributed by atoms with Gasteiger partial charge in [-0.25, -0.2) is 9.37 Å². The van der Waals surface area contributed by atoms with Crippen LogP contribution < -0.4 is 4.90 Å². The van der Waals surface area contributed by atoms with Crippen molar-refractivity contribution in [3.63, 3.8) is 0 Å². The van der Waals surface area contributed by atoms with E-state index in [1.807, 2.05) is 6.07 Å². The van der Waals surface area contributed by atoms with E-state index in [1.165, 1.54) is 12.4 Å². The van der Waals surface area contributed by atoms with Gasteiger partial charge in [0.1, 0.15) is 29.6 Å². The number of hydrogen-bond acceptors (Lipinski definition) is 5.